The van der Waals surface area contributed by atoms with Gasteiger partial charge in [0.15, 0.2) is 11.6 Å². The number of nitrogens with zero attached hydrogens (tertiary/aromatic N) is 6. The van der Waals surface area contributed by atoms with Crippen molar-refractivity contribution in [3.05, 3.63) is 29.3 Å². The Morgan fingerprint density at radius 1 is 1.06 bits per heavy atom. The topological polar surface area (TPSA) is 83.1 Å². The second-order valence-corrected chi connectivity index (χ2v) is 10.8. The van der Waals surface area contributed by atoms with Crippen LogP contribution in [0.25, 0.3) is 32.8 Å². The second kappa shape index (κ2) is 9.20. The molecule has 3 aromatic heterocycles. The normalized spacial score (nSPS) is 18.5. The van der Waals surface area contributed by atoms with Gasteiger partial charge < -0.3 is 9.64 Å². The molecule has 5 heterocycles. The predicted molar refractivity (Wildman–Crippen MR) is 136 cm³/mol. The molecule has 1 aromatic carbocycles. The zero-order chi connectivity index (χ0) is 23.1. The number of hydrogen-bond acceptors (Lipinski definition) is 8. The van der Waals surface area contributed by atoms with E-state index < -0.39 is 0 Å². The summed E-state index contributed by atoms with van der Waals surface area (Å²) in [6.45, 7) is 10.9. The highest BCUT2D eigenvalue weighted by Gasteiger charge is 2.25. The number of morpholine rings is 1. The fourth-order valence-corrected chi connectivity index (χ4v) is 6.10. The van der Waals surface area contributed by atoms with Gasteiger partial charge in [0.1, 0.15) is 21.0 Å². The molecule has 4 aromatic rings. The van der Waals surface area contributed by atoms with Gasteiger partial charge in [-0.15, -0.1) is 0 Å². The number of rotatable bonds is 5. The number of hydrogen-bond donors (Lipinski definition) is 1. The minimum atomic E-state index is 0.652. The summed E-state index contributed by atoms with van der Waals surface area (Å²) < 4.78 is 5.60. The summed E-state index contributed by atoms with van der Waals surface area (Å²) in [6.07, 6.45) is 2.55. The van der Waals surface area contributed by atoms with Gasteiger partial charge in [-0.25, -0.2) is 15.0 Å². The molecular formula is C25H31N7OS. The Morgan fingerprint density at radius 2 is 1.85 bits per heavy atom. The van der Waals surface area contributed by atoms with Gasteiger partial charge in [0, 0.05) is 18.5 Å². The van der Waals surface area contributed by atoms with Crippen molar-refractivity contribution in [2.24, 2.45) is 11.8 Å². The van der Waals surface area contributed by atoms with E-state index in [1.165, 1.54) is 12.8 Å². The van der Waals surface area contributed by atoms with Gasteiger partial charge in [-0.3, -0.25) is 10.00 Å². The average molecular weight is 478 g/mol. The van der Waals surface area contributed by atoms with Gasteiger partial charge in [-0.1, -0.05) is 43.4 Å². The number of aromatic amines is 1. The van der Waals surface area contributed by atoms with Gasteiger partial charge in [0.25, 0.3) is 0 Å². The number of benzene rings is 1. The third-order valence-corrected chi connectivity index (χ3v) is 8.15. The van der Waals surface area contributed by atoms with Gasteiger partial charge in [0.2, 0.25) is 0 Å². The standard InChI is InChI=1S/C25H31N7OS/c1-16(2)17-7-9-31(10-8-17)15-20-26-22-24(32-11-13-33-14-12-32)27-23(28-25(22)34-20)21-18-5-3-4-6-19(18)29-30-21/h3-6,16-17H,7-15H2,1-2H3,(H,29,30). The summed E-state index contributed by atoms with van der Waals surface area (Å²) >= 11 is 1.69. The molecule has 0 amide bonds. The first kappa shape index (κ1) is 21.9. The van der Waals surface area contributed by atoms with Crippen molar-refractivity contribution in [2.45, 2.75) is 33.2 Å². The fourth-order valence-electron chi connectivity index (χ4n) is 5.12. The zero-order valence-corrected chi connectivity index (χ0v) is 20.6. The minimum absolute atomic E-state index is 0.652. The summed E-state index contributed by atoms with van der Waals surface area (Å²) in [5, 5.41) is 9.84. The molecular weight excluding hydrogens is 446 g/mol. The highest BCUT2D eigenvalue weighted by molar-refractivity contribution is 7.18. The Hall–Kier alpha value is -2.62. The Morgan fingerprint density at radius 3 is 2.65 bits per heavy atom. The number of piperidine rings is 1. The first-order valence-electron chi connectivity index (χ1n) is 12.3. The third-order valence-electron chi connectivity index (χ3n) is 7.21. The molecule has 2 fully saturated rings. The molecule has 34 heavy (non-hydrogen) atoms. The number of H-pyrrole nitrogens is 1. The Kier molecular flexibility index (Phi) is 5.92. The molecule has 0 radical (unpaired) electrons. The van der Waals surface area contributed by atoms with Crippen molar-refractivity contribution >= 4 is 38.4 Å². The molecule has 0 atom stereocenters. The lowest BCUT2D eigenvalue weighted by molar-refractivity contribution is 0.122. The molecule has 0 saturated carbocycles. The fraction of sp³-hybridized carbons (Fsp3) is 0.520. The van der Waals surface area contributed by atoms with E-state index in [0.717, 1.165) is 82.3 Å². The summed E-state index contributed by atoms with van der Waals surface area (Å²) in [6, 6.07) is 8.12. The van der Waals surface area contributed by atoms with Crippen molar-refractivity contribution in [1.82, 2.24) is 30.0 Å². The Balaban J connectivity index is 1.36. The third kappa shape index (κ3) is 4.16. The van der Waals surface area contributed by atoms with Crippen molar-refractivity contribution < 1.29 is 4.74 Å². The van der Waals surface area contributed by atoms with Gasteiger partial charge in [-0.2, -0.15) is 5.10 Å². The van der Waals surface area contributed by atoms with Crippen LogP contribution in [0.3, 0.4) is 0 Å². The van der Waals surface area contributed by atoms with E-state index in [1.54, 1.807) is 11.3 Å². The molecule has 0 unspecified atom stereocenters. The van der Waals surface area contributed by atoms with Crippen molar-refractivity contribution in [3.8, 4) is 11.5 Å². The molecule has 0 aliphatic carbocycles. The average Bonchev–Trinajstić information content (AvgIpc) is 3.48. The first-order valence-corrected chi connectivity index (χ1v) is 13.1. The molecule has 2 aliphatic heterocycles. The summed E-state index contributed by atoms with van der Waals surface area (Å²) in [4.78, 5) is 20.8. The molecule has 178 valence electrons. The first-order chi connectivity index (χ1) is 16.7. The Bertz CT molecular complexity index is 1290. The van der Waals surface area contributed by atoms with E-state index in [1.807, 2.05) is 18.2 Å². The van der Waals surface area contributed by atoms with E-state index in [9.17, 15) is 0 Å². The van der Waals surface area contributed by atoms with E-state index in [0.29, 0.717) is 19.0 Å². The van der Waals surface area contributed by atoms with E-state index in [4.69, 9.17) is 19.7 Å². The van der Waals surface area contributed by atoms with Crippen LogP contribution in [0.15, 0.2) is 24.3 Å². The lowest BCUT2D eigenvalue weighted by Gasteiger charge is -2.33. The molecule has 6 rings (SSSR count). The van der Waals surface area contributed by atoms with Crippen LogP contribution in [0.1, 0.15) is 31.7 Å². The maximum Gasteiger partial charge on any atom is 0.184 e. The van der Waals surface area contributed by atoms with E-state index in [-0.39, 0.29) is 0 Å². The van der Waals surface area contributed by atoms with Crippen LogP contribution in [0.2, 0.25) is 0 Å². The van der Waals surface area contributed by atoms with Crippen LogP contribution in [-0.4, -0.2) is 69.4 Å². The maximum atomic E-state index is 5.60. The molecule has 0 bridgehead atoms. The number of nitrogens with one attached hydrogen (secondary N) is 1. The lowest BCUT2D eigenvalue weighted by atomic mass is 9.87. The van der Waals surface area contributed by atoms with Crippen LogP contribution < -0.4 is 4.90 Å². The Labute approximate surface area is 203 Å². The SMILES string of the molecule is CC(C)C1CCN(Cc2nc3c(N4CCOCC4)nc(-c4n[nH]c5ccccc45)nc3s2)CC1. The monoisotopic (exact) mass is 477 g/mol. The van der Waals surface area contributed by atoms with Crippen molar-refractivity contribution in [1.29, 1.82) is 0 Å². The van der Waals surface area contributed by atoms with Gasteiger partial charge in [0.05, 0.1) is 25.3 Å². The maximum absolute atomic E-state index is 5.60. The van der Waals surface area contributed by atoms with Crippen molar-refractivity contribution in [2.75, 3.05) is 44.3 Å². The van der Waals surface area contributed by atoms with Crippen molar-refractivity contribution in [3.63, 3.8) is 0 Å². The molecule has 1 N–H and O–H groups in total. The summed E-state index contributed by atoms with van der Waals surface area (Å²) in [5.74, 6) is 3.17. The van der Waals surface area contributed by atoms with E-state index >= 15 is 0 Å². The number of aromatic nitrogens is 5. The van der Waals surface area contributed by atoms with Crippen LogP contribution in [0.5, 0.6) is 0 Å². The van der Waals surface area contributed by atoms with Gasteiger partial charge >= 0.3 is 0 Å². The largest absolute Gasteiger partial charge is 0.378 e. The molecule has 8 nitrogen and oxygen atoms in total. The number of para-hydroxylation sites is 1. The summed E-state index contributed by atoms with van der Waals surface area (Å²) in [5.41, 5.74) is 2.68. The molecule has 9 heteroatoms. The highest BCUT2D eigenvalue weighted by Crippen LogP contribution is 2.34. The summed E-state index contributed by atoms with van der Waals surface area (Å²) in [7, 11) is 0. The van der Waals surface area contributed by atoms with Crippen LogP contribution in [0, 0.1) is 11.8 Å². The van der Waals surface area contributed by atoms with Crippen LogP contribution >= 0.6 is 11.3 Å². The number of ether oxygens (including phenoxy) is 1. The molecule has 2 saturated heterocycles. The smallest absolute Gasteiger partial charge is 0.184 e. The number of likely N-dealkylation sites (tertiary alicyclic amines) is 1. The zero-order valence-electron chi connectivity index (χ0n) is 19.8. The quantitative estimate of drug-likeness (QED) is 0.458. The highest BCUT2D eigenvalue weighted by atomic mass is 32.1. The molecule has 0 spiro atoms. The molecule has 2 aliphatic rings. The number of anilines is 1. The van der Waals surface area contributed by atoms with E-state index in [2.05, 4.69) is 39.9 Å². The minimum Gasteiger partial charge on any atom is -0.378 e. The lowest BCUT2D eigenvalue weighted by Crippen LogP contribution is -2.37. The predicted octanol–water partition coefficient (Wildman–Crippen LogP) is 4.33. The van der Waals surface area contributed by atoms with Gasteiger partial charge in [-0.05, 0) is 43.8 Å². The van der Waals surface area contributed by atoms with Crippen LogP contribution in [-0.2, 0) is 11.3 Å². The second-order valence-electron chi connectivity index (χ2n) is 9.71. The number of fused-ring (bicyclic) bond motifs is 2. The van der Waals surface area contributed by atoms with Crippen LogP contribution in [0.4, 0.5) is 5.82 Å². The number of thiazole rings is 1.